The van der Waals surface area contributed by atoms with E-state index < -0.39 is 9.84 Å². The quantitative estimate of drug-likeness (QED) is 0.848. The van der Waals surface area contributed by atoms with Crippen molar-refractivity contribution in [3.63, 3.8) is 0 Å². The molecule has 1 aromatic heterocycles. The molecule has 0 fully saturated rings. The zero-order valence-corrected chi connectivity index (χ0v) is 12.4. The summed E-state index contributed by atoms with van der Waals surface area (Å²) < 4.78 is 22.5. The van der Waals surface area contributed by atoms with E-state index >= 15 is 0 Å². The van der Waals surface area contributed by atoms with Crippen molar-refractivity contribution >= 4 is 9.84 Å². The molecule has 0 saturated carbocycles. The van der Waals surface area contributed by atoms with Crippen LogP contribution in [0.1, 0.15) is 12.5 Å². The molecule has 1 unspecified atom stereocenters. The lowest BCUT2D eigenvalue weighted by Gasteiger charge is -2.12. The van der Waals surface area contributed by atoms with Gasteiger partial charge in [-0.1, -0.05) is 30.3 Å². The number of rotatable bonds is 6. The number of nitrogens with zero attached hydrogens (tertiary/aromatic N) is 1. The van der Waals surface area contributed by atoms with Crippen molar-refractivity contribution < 1.29 is 8.42 Å². The van der Waals surface area contributed by atoms with Crippen LogP contribution in [-0.2, 0) is 16.4 Å². The third-order valence-electron chi connectivity index (χ3n) is 2.97. The second kappa shape index (κ2) is 6.19. The van der Waals surface area contributed by atoms with E-state index in [0.717, 1.165) is 16.8 Å². The summed E-state index contributed by atoms with van der Waals surface area (Å²) in [4.78, 5) is 0. The molecule has 5 nitrogen and oxygen atoms in total. The smallest absolute Gasteiger partial charge is 0.148 e. The van der Waals surface area contributed by atoms with Crippen molar-refractivity contribution in [2.75, 3.05) is 12.0 Å². The highest BCUT2D eigenvalue weighted by Crippen LogP contribution is 2.20. The van der Waals surface area contributed by atoms with E-state index in [1.54, 1.807) is 6.20 Å². The molecule has 1 aromatic carbocycles. The van der Waals surface area contributed by atoms with Gasteiger partial charge in [0.15, 0.2) is 0 Å². The predicted molar refractivity (Wildman–Crippen MR) is 80.0 cm³/mol. The van der Waals surface area contributed by atoms with Crippen LogP contribution in [0.25, 0.3) is 11.3 Å². The maximum Gasteiger partial charge on any atom is 0.148 e. The first kappa shape index (κ1) is 14.7. The van der Waals surface area contributed by atoms with Crippen LogP contribution in [0.3, 0.4) is 0 Å². The van der Waals surface area contributed by atoms with Crippen molar-refractivity contribution in [1.82, 2.24) is 15.5 Å². The normalized spacial score (nSPS) is 13.3. The van der Waals surface area contributed by atoms with Crippen molar-refractivity contribution in [2.24, 2.45) is 0 Å². The highest BCUT2D eigenvalue weighted by molar-refractivity contribution is 7.90. The first-order valence-electron chi connectivity index (χ1n) is 6.44. The zero-order chi connectivity index (χ0) is 14.6. The Morgan fingerprint density at radius 1 is 1.30 bits per heavy atom. The number of sulfone groups is 1. The van der Waals surface area contributed by atoms with Gasteiger partial charge in [0.05, 0.1) is 17.6 Å². The first-order chi connectivity index (χ1) is 9.46. The van der Waals surface area contributed by atoms with Crippen LogP contribution in [0.2, 0.25) is 0 Å². The lowest BCUT2D eigenvalue weighted by Crippen LogP contribution is -2.32. The van der Waals surface area contributed by atoms with Crippen LogP contribution >= 0.6 is 0 Å². The summed E-state index contributed by atoms with van der Waals surface area (Å²) in [5.41, 5.74) is 3.05. The average molecular weight is 293 g/mol. The number of nitrogens with one attached hydrogen (secondary N) is 2. The molecule has 0 bridgehead atoms. The molecule has 2 rings (SSSR count). The van der Waals surface area contributed by atoms with Crippen LogP contribution in [0.15, 0.2) is 36.5 Å². The van der Waals surface area contributed by atoms with Crippen LogP contribution in [-0.4, -0.2) is 36.7 Å². The van der Waals surface area contributed by atoms with Gasteiger partial charge in [0, 0.05) is 24.4 Å². The number of aromatic nitrogens is 2. The largest absolute Gasteiger partial charge is 0.309 e. The number of hydrogen-bond donors (Lipinski definition) is 2. The lowest BCUT2D eigenvalue weighted by molar-refractivity contribution is 0.560. The fourth-order valence-electron chi connectivity index (χ4n) is 2.10. The zero-order valence-electron chi connectivity index (χ0n) is 11.6. The topological polar surface area (TPSA) is 74.8 Å². The molecule has 0 radical (unpaired) electrons. The van der Waals surface area contributed by atoms with Gasteiger partial charge in [-0.15, -0.1) is 0 Å². The van der Waals surface area contributed by atoms with Gasteiger partial charge in [0.2, 0.25) is 0 Å². The Hall–Kier alpha value is -1.66. The van der Waals surface area contributed by atoms with Crippen molar-refractivity contribution in [3.05, 3.63) is 42.1 Å². The second-order valence-corrected chi connectivity index (χ2v) is 7.20. The molecule has 0 spiro atoms. The van der Waals surface area contributed by atoms with E-state index in [-0.39, 0.29) is 11.8 Å². The Morgan fingerprint density at radius 2 is 2.00 bits per heavy atom. The highest BCUT2D eigenvalue weighted by Gasteiger charge is 2.12. The van der Waals surface area contributed by atoms with Crippen molar-refractivity contribution in [2.45, 2.75) is 19.5 Å². The Labute approximate surface area is 119 Å². The maximum absolute atomic E-state index is 11.2. The first-order valence-corrected chi connectivity index (χ1v) is 8.50. The van der Waals surface area contributed by atoms with Gasteiger partial charge in [-0.05, 0) is 12.5 Å². The van der Waals surface area contributed by atoms with Crippen LogP contribution in [0.4, 0.5) is 0 Å². The molecule has 6 heteroatoms. The summed E-state index contributed by atoms with van der Waals surface area (Å²) in [5.74, 6) is 0.130. The van der Waals surface area contributed by atoms with Crippen molar-refractivity contribution in [1.29, 1.82) is 0 Å². The standard InChI is InChI=1S/C14H19N3O2S/c1-11(10-20(2,18)19)15-8-13-9-16-17-14(13)12-6-4-3-5-7-12/h3-7,9,11,15H,8,10H2,1-2H3,(H,16,17). The van der Waals surface area contributed by atoms with Crippen molar-refractivity contribution in [3.8, 4) is 11.3 Å². The summed E-state index contributed by atoms with van der Waals surface area (Å²) in [6.07, 6.45) is 3.01. The molecule has 108 valence electrons. The van der Waals surface area contributed by atoms with Crippen LogP contribution < -0.4 is 5.32 Å². The number of hydrogen-bond acceptors (Lipinski definition) is 4. The van der Waals surface area contributed by atoms with Gasteiger partial charge in [-0.2, -0.15) is 5.10 Å². The molecule has 0 amide bonds. The molecular formula is C14H19N3O2S. The average Bonchev–Trinajstić information content (AvgIpc) is 2.83. The summed E-state index contributed by atoms with van der Waals surface area (Å²) in [7, 11) is -2.96. The summed E-state index contributed by atoms with van der Waals surface area (Å²) in [5, 5.41) is 10.3. The van der Waals surface area contributed by atoms with Crippen LogP contribution in [0, 0.1) is 0 Å². The maximum atomic E-state index is 11.2. The van der Waals surface area contributed by atoms with Gasteiger partial charge in [0.1, 0.15) is 9.84 Å². The second-order valence-electron chi connectivity index (χ2n) is 5.01. The Kier molecular flexibility index (Phi) is 4.57. The summed E-state index contributed by atoms with van der Waals surface area (Å²) in [6, 6.07) is 9.84. The molecular weight excluding hydrogens is 274 g/mol. The minimum Gasteiger partial charge on any atom is -0.309 e. The molecule has 2 aromatic rings. The van der Waals surface area contributed by atoms with Gasteiger partial charge in [-0.25, -0.2) is 8.42 Å². The monoisotopic (exact) mass is 293 g/mol. The fraction of sp³-hybridized carbons (Fsp3) is 0.357. The molecule has 1 atom stereocenters. The molecule has 0 aliphatic rings. The molecule has 0 aliphatic heterocycles. The number of aromatic amines is 1. The molecule has 0 aliphatic carbocycles. The summed E-state index contributed by atoms with van der Waals surface area (Å²) in [6.45, 7) is 2.45. The van der Waals surface area contributed by atoms with E-state index in [9.17, 15) is 8.42 Å². The Balaban J connectivity index is 2.03. The highest BCUT2D eigenvalue weighted by atomic mass is 32.2. The Bertz CT molecular complexity index is 650. The predicted octanol–water partition coefficient (Wildman–Crippen LogP) is 1.60. The number of H-pyrrole nitrogens is 1. The number of benzene rings is 1. The third kappa shape index (κ3) is 4.18. The van der Waals surface area contributed by atoms with Crippen LogP contribution in [0.5, 0.6) is 0 Å². The van der Waals surface area contributed by atoms with Gasteiger partial charge < -0.3 is 5.32 Å². The SMILES string of the molecule is CC(CS(C)(=O)=O)NCc1cn[nH]c1-c1ccccc1. The van der Waals surface area contributed by atoms with Gasteiger partial charge in [0.25, 0.3) is 0 Å². The van der Waals surface area contributed by atoms with E-state index in [0.29, 0.717) is 6.54 Å². The fourth-order valence-corrected chi connectivity index (χ4v) is 3.12. The van der Waals surface area contributed by atoms with E-state index in [4.69, 9.17) is 0 Å². The molecule has 2 N–H and O–H groups in total. The molecule has 20 heavy (non-hydrogen) atoms. The van der Waals surface area contributed by atoms with E-state index in [1.807, 2.05) is 37.3 Å². The van der Waals surface area contributed by atoms with Gasteiger partial charge in [-0.3, -0.25) is 5.10 Å². The lowest BCUT2D eigenvalue weighted by atomic mass is 10.1. The minimum atomic E-state index is -2.96. The molecule has 0 saturated heterocycles. The van der Waals surface area contributed by atoms with E-state index in [1.165, 1.54) is 6.26 Å². The van der Waals surface area contributed by atoms with Gasteiger partial charge >= 0.3 is 0 Å². The minimum absolute atomic E-state index is 0.0940. The molecule has 1 heterocycles. The third-order valence-corrected chi connectivity index (χ3v) is 4.08. The Morgan fingerprint density at radius 3 is 2.65 bits per heavy atom. The van der Waals surface area contributed by atoms with E-state index in [2.05, 4.69) is 15.5 Å². The summed E-state index contributed by atoms with van der Waals surface area (Å²) >= 11 is 0.